The van der Waals surface area contributed by atoms with Crippen LogP contribution in [0, 0.1) is 0 Å². The molecule has 0 radical (unpaired) electrons. The lowest BCUT2D eigenvalue weighted by Crippen LogP contribution is -2.47. The van der Waals surface area contributed by atoms with Crippen LogP contribution in [0.25, 0.3) is 0 Å². The maximum absolute atomic E-state index is 11.7. The van der Waals surface area contributed by atoms with E-state index in [0.29, 0.717) is 0 Å². The fourth-order valence-corrected chi connectivity index (χ4v) is 1.87. The van der Waals surface area contributed by atoms with Crippen molar-refractivity contribution in [2.75, 3.05) is 26.2 Å². The minimum atomic E-state index is -0.183. The molecular weight excluding hydrogens is 230 g/mol. The molecule has 0 bridgehead atoms. The molecule has 0 aromatic rings. The largest absolute Gasteiger partial charge is 0.350 e. The summed E-state index contributed by atoms with van der Waals surface area (Å²) in [5.74, 6) is 0.0334. The van der Waals surface area contributed by atoms with Gasteiger partial charge in [0.2, 0.25) is 11.8 Å². The van der Waals surface area contributed by atoms with Gasteiger partial charge in [-0.1, -0.05) is 6.92 Å². The highest BCUT2D eigenvalue weighted by Crippen LogP contribution is 2.07. The zero-order valence-electron chi connectivity index (χ0n) is 11.7. The molecule has 1 fully saturated rings. The molecule has 0 spiro atoms. The number of nitrogens with one attached hydrogen (secondary N) is 2. The van der Waals surface area contributed by atoms with Gasteiger partial charge in [0.1, 0.15) is 0 Å². The van der Waals surface area contributed by atoms with Gasteiger partial charge in [0.25, 0.3) is 0 Å². The van der Waals surface area contributed by atoms with Crippen molar-refractivity contribution < 1.29 is 9.59 Å². The summed E-state index contributed by atoms with van der Waals surface area (Å²) in [6, 6.07) is 0. The molecule has 1 rings (SSSR count). The minimum Gasteiger partial charge on any atom is -0.350 e. The van der Waals surface area contributed by atoms with E-state index in [-0.39, 0.29) is 30.4 Å². The van der Waals surface area contributed by atoms with Crippen LogP contribution in [-0.2, 0) is 9.59 Å². The third kappa shape index (κ3) is 5.04. The first-order chi connectivity index (χ1) is 8.44. The topological polar surface area (TPSA) is 61.4 Å². The number of carbonyl (C=O) groups is 2. The summed E-state index contributed by atoms with van der Waals surface area (Å²) >= 11 is 0. The lowest BCUT2D eigenvalue weighted by Gasteiger charge is -2.24. The molecule has 0 unspecified atom stereocenters. The normalized spacial score (nSPS) is 15.8. The number of carbonyl (C=O) groups excluding carboxylic acids is 2. The Kier molecular flexibility index (Phi) is 5.59. The van der Waals surface area contributed by atoms with Crippen LogP contribution in [0.5, 0.6) is 0 Å². The van der Waals surface area contributed by atoms with Crippen molar-refractivity contribution in [2.24, 2.45) is 0 Å². The second-order valence-corrected chi connectivity index (χ2v) is 5.48. The quantitative estimate of drug-likeness (QED) is 0.726. The van der Waals surface area contributed by atoms with Crippen molar-refractivity contribution in [1.82, 2.24) is 15.5 Å². The van der Waals surface area contributed by atoms with Crippen molar-refractivity contribution in [3.05, 3.63) is 0 Å². The Hall–Kier alpha value is -1.10. The molecule has 18 heavy (non-hydrogen) atoms. The van der Waals surface area contributed by atoms with Crippen LogP contribution < -0.4 is 10.6 Å². The van der Waals surface area contributed by atoms with E-state index in [1.165, 1.54) is 0 Å². The van der Waals surface area contributed by atoms with Crippen LogP contribution >= 0.6 is 0 Å². The van der Waals surface area contributed by atoms with E-state index in [4.69, 9.17) is 0 Å². The molecule has 1 aliphatic heterocycles. The Bertz CT molecular complexity index is 297. The summed E-state index contributed by atoms with van der Waals surface area (Å²) in [6.45, 7) is 8.17. The van der Waals surface area contributed by atoms with Gasteiger partial charge < -0.3 is 10.2 Å². The van der Waals surface area contributed by atoms with Crippen LogP contribution in [0.15, 0.2) is 0 Å². The molecule has 5 nitrogen and oxygen atoms in total. The molecule has 0 atom stereocenters. The highest BCUT2D eigenvalue weighted by Gasteiger charge is 2.19. The van der Waals surface area contributed by atoms with Gasteiger partial charge in [0, 0.05) is 18.6 Å². The van der Waals surface area contributed by atoms with Crippen molar-refractivity contribution in [3.63, 3.8) is 0 Å². The summed E-state index contributed by atoms with van der Waals surface area (Å²) in [4.78, 5) is 25.2. The second kappa shape index (κ2) is 6.73. The zero-order chi connectivity index (χ0) is 13.6. The van der Waals surface area contributed by atoms with E-state index in [0.717, 1.165) is 32.4 Å². The summed E-state index contributed by atoms with van der Waals surface area (Å²) in [5, 5.41) is 5.83. The Morgan fingerprint density at radius 3 is 2.33 bits per heavy atom. The van der Waals surface area contributed by atoms with Gasteiger partial charge >= 0.3 is 0 Å². The number of likely N-dealkylation sites (tertiary alicyclic amines) is 1. The van der Waals surface area contributed by atoms with Crippen LogP contribution in [0.3, 0.4) is 0 Å². The molecule has 2 N–H and O–H groups in total. The van der Waals surface area contributed by atoms with E-state index in [1.807, 2.05) is 25.7 Å². The Labute approximate surface area is 109 Å². The fourth-order valence-electron chi connectivity index (χ4n) is 1.87. The molecule has 1 heterocycles. The zero-order valence-corrected chi connectivity index (χ0v) is 11.7. The fraction of sp³-hybridized carbons (Fsp3) is 0.846. The van der Waals surface area contributed by atoms with Crippen LogP contribution in [0.1, 0.15) is 40.0 Å². The van der Waals surface area contributed by atoms with E-state index in [2.05, 4.69) is 10.6 Å². The molecule has 2 amide bonds. The predicted molar refractivity (Wildman–Crippen MR) is 71.2 cm³/mol. The van der Waals surface area contributed by atoms with Crippen LogP contribution in [0.2, 0.25) is 0 Å². The molecule has 5 heteroatoms. The summed E-state index contributed by atoms with van der Waals surface area (Å²) in [6.07, 6.45) is 3.07. The van der Waals surface area contributed by atoms with Gasteiger partial charge in [-0.15, -0.1) is 0 Å². The summed E-state index contributed by atoms with van der Waals surface area (Å²) in [5.41, 5.74) is -0.183. The van der Waals surface area contributed by atoms with Gasteiger partial charge in [0.05, 0.1) is 13.1 Å². The van der Waals surface area contributed by atoms with Crippen LogP contribution in [-0.4, -0.2) is 48.4 Å². The maximum Gasteiger partial charge on any atom is 0.236 e. The second-order valence-electron chi connectivity index (χ2n) is 5.48. The summed E-state index contributed by atoms with van der Waals surface area (Å²) < 4.78 is 0. The van der Waals surface area contributed by atoms with E-state index in [1.54, 1.807) is 0 Å². The first kappa shape index (κ1) is 15.0. The average molecular weight is 255 g/mol. The number of hydrogen-bond acceptors (Lipinski definition) is 3. The first-order valence-electron chi connectivity index (χ1n) is 6.74. The molecular formula is C13H25N3O2. The third-order valence-electron chi connectivity index (χ3n) is 3.38. The average Bonchev–Trinajstić information content (AvgIpc) is 2.81. The first-order valence-corrected chi connectivity index (χ1v) is 6.74. The van der Waals surface area contributed by atoms with E-state index < -0.39 is 0 Å². The summed E-state index contributed by atoms with van der Waals surface area (Å²) in [7, 11) is 0. The minimum absolute atomic E-state index is 0.0592. The Balaban J connectivity index is 2.17. The molecule has 104 valence electrons. The van der Waals surface area contributed by atoms with Crippen molar-refractivity contribution >= 4 is 11.8 Å². The smallest absolute Gasteiger partial charge is 0.236 e. The highest BCUT2D eigenvalue weighted by molar-refractivity contribution is 5.81. The highest BCUT2D eigenvalue weighted by atomic mass is 16.2. The van der Waals surface area contributed by atoms with Crippen LogP contribution in [0.4, 0.5) is 0 Å². The molecule has 0 aromatic carbocycles. The van der Waals surface area contributed by atoms with Gasteiger partial charge in [-0.25, -0.2) is 0 Å². The van der Waals surface area contributed by atoms with E-state index >= 15 is 0 Å². The molecule has 1 saturated heterocycles. The van der Waals surface area contributed by atoms with Crippen molar-refractivity contribution in [2.45, 2.75) is 45.6 Å². The van der Waals surface area contributed by atoms with E-state index in [9.17, 15) is 9.59 Å². The van der Waals surface area contributed by atoms with Crippen molar-refractivity contribution in [3.8, 4) is 0 Å². The maximum atomic E-state index is 11.7. The van der Waals surface area contributed by atoms with Crippen molar-refractivity contribution in [1.29, 1.82) is 0 Å². The number of hydrogen-bond donors (Lipinski definition) is 2. The molecule has 0 saturated carbocycles. The molecule has 0 aliphatic carbocycles. The lowest BCUT2D eigenvalue weighted by atomic mass is 10.0. The third-order valence-corrected chi connectivity index (χ3v) is 3.38. The standard InChI is InChI=1S/C13H25N3O2/c1-4-13(2,3)15-11(17)9-14-10-12(18)16-7-5-6-8-16/h14H,4-10H2,1-3H3,(H,15,17). The predicted octanol–water partition coefficient (Wildman–Crippen LogP) is 0.503. The van der Waals surface area contributed by atoms with Gasteiger partial charge in [0.15, 0.2) is 0 Å². The number of rotatable bonds is 6. The van der Waals surface area contributed by atoms with Gasteiger partial charge in [-0.3, -0.25) is 14.9 Å². The van der Waals surface area contributed by atoms with Gasteiger partial charge in [-0.05, 0) is 33.1 Å². The molecule has 0 aromatic heterocycles. The molecule has 1 aliphatic rings. The van der Waals surface area contributed by atoms with Gasteiger partial charge in [-0.2, -0.15) is 0 Å². The monoisotopic (exact) mass is 255 g/mol. The SMILES string of the molecule is CCC(C)(C)NC(=O)CNCC(=O)N1CCCC1. The lowest BCUT2D eigenvalue weighted by molar-refractivity contribution is -0.129. The Morgan fingerprint density at radius 1 is 1.17 bits per heavy atom. The Morgan fingerprint density at radius 2 is 1.78 bits per heavy atom. The number of nitrogens with zero attached hydrogens (tertiary/aromatic N) is 1. The number of amides is 2.